The molecule has 1 nitrogen and oxygen atoms in total. The van der Waals surface area contributed by atoms with E-state index in [2.05, 4.69) is 19.1 Å². The van der Waals surface area contributed by atoms with Crippen molar-refractivity contribution in [3.63, 3.8) is 0 Å². The van der Waals surface area contributed by atoms with Crippen LogP contribution in [0.5, 0.6) is 5.75 Å². The Balaban J connectivity index is 2.37. The molecule has 75 valence electrons. The van der Waals surface area contributed by atoms with Crippen molar-refractivity contribution >= 4 is 0 Å². The predicted molar refractivity (Wildman–Crippen MR) is 60.5 cm³/mol. The van der Waals surface area contributed by atoms with E-state index in [-0.39, 0.29) is 11.7 Å². The van der Waals surface area contributed by atoms with Gasteiger partial charge in [0.2, 0.25) is 0 Å². The van der Waals surface area contributed by atoms with E-state index in [1.807, 2.05) is 30.3 Å². The molecule has 2 aromatic rings. The molecular weight excluding hydrogens is 184 g/mol. The summed E-state index contributed by atoms with van der Waals surface area (Å²) in [4.78, 5) is 0. The largest absolute Gasteiger partial charge is 0.290 e. The van der Waals surface area contributed by atoms with Crippen molar-refractivity contribution < 1.29 is 5.11 Å². The molecule has 1 unspecified atom stereocenters. The monoisotopic (exact) mass is 197 g/mol. The Morgan fingerprint density at radius 1 is 0.867 bits per heavy atom. The molecule has 0 aliphatic heterocycles. The van der Waals surface area contributed by atoms with Crippen LogP contribution in [0.4, 0.5) is 0 Å². The van der Waals surface area contributed by atoms with E-state index in [0.717, 1.165) is 5.56 Å². The minimum atomic E-state index is 0.119. The average molecular weight is 197 g/mol. The fourth-order valence-corrected chi connectivity index (χ4v) is 1.76. The third-order valence-electron chi connectivity index (χ3n) is 2.69. The van der Waals surface area contributed by atoms with Gasteiger partial charge >= 0.3 is 0 Å². The predicted octanol–water partition coefficient (Wildman–Crippen LogP) is 3.98. The second-order valence-corrected chi connectivity index (χ2v) is 3.67. The SMILES string of the molecule is CC(c1ccccc1)c1ccccc1[O]. The Morgan fingerprint density at radius 2 is 1.47 bits per heavy atom. The minimum Gasteiger partial charge on any atom is -0.290 e. The summed E-state index contributed by atoms with van der Waals surface area (Å²) in [6.07, 6.45) is 0. The summed E-state index contributed by atoms with van der Waals surface area (Å²) in [5.74, 6) is 0.286. The molecule has 0 aliphatic rings. The second kappa shape index (κ2) is 4.18. The average Bonchev–Trinajstić information content (AvgIpc) is 2.30. The molecule has 1 radical (unpaired) electrons. The number of hydrogen-bond acceptors (Lipinski definition) is 0. The number of hydrogen-bond donors (Lipinski definition) is 0. The van der Waals surface area contributed by atoms with E-state index < -0.39 is 0 Å². The highest BCUT2D eigenvalue weighted by molar-refractivity contribution is 5.40. The Kier molecular flexibility index (Phi) is 2.72. The smallest absolute Gasteiger partial charge is 0.182 e. The van der Waals surface area contributed by atoms with Crippen LogP contribution in [0, 0.1) is 0 Å². The van der Waals surface area contributed by atoms with Gasteiger partial charge < -0.3 is 0 Å². The zero-order valence-corrected chi connectivity index (χ0v) is 8.68. The van der Waals surface area contributed by atoms with Crippen molar-refractivity contribution in [2.45, 2.75) is 12.8 Å². The molecule has 2 aromatic carbocycles. The molecule has 0 heterocycles. The molecular formula is C14H13O. The molecule has 0 spiro atoms. The molecule has 1 atom stereocenters. The Hall–Kier alpha value is -1.76. The Bertz CT molecular complexity index is 434. The van der Waals surface area contributed by atoms with Gasteiger partial charge in [0.1, 0.15) is 0 Å². The van der Waals surface area contributed by atoms with Crippen LogP contribution in [0.25, 0.3) is 0 Å². The second-order valence-electron chi connectivity index (χ2n) is 3.67. The topological polar surface area (TPSA) is 19.9 Å². The summed E-state index contributed by atoms with van der Waals surface area (Å²) in [6.45, 7) is 2.06. The van der Waals surface area contributed by atoms with Crippen LogP contribution in [0.15, 0.2) is 54.6 Å². The maximum atomic E-state index is 11.6. The maximum Gasteiger partial charge on any atom is 0.182 e. The van der Waals surface area contributed by atoms with Crippen molar-refractivity contribution in [2.75, 3.05) is 0 Å². The van der Waals surface area contributed by atoms with Gasteiger partial charge in [-0.1, -0.05) is 55.5 Å². The Labute approximate surface area is 90.0 Å². The van der Waals surface area contributed by atoms with E-state index in [4.69, 9.17) is 0 Å². The van der Waals surface area contributed by atoms with Crippen LogP contribution in [0.1, 0.15) is 24.0 Å². The van der Waals surface area contributed by atoms with Gasteiger partial charge in [0, 0.05) is 11.5 Å². The lowest BCUT2D eigenvalue weighted by molar-refractivity contribution is 0.349. The van der Waals surface area contributed by atoms with Crippen LogP contribution in [-0.4, -0.2) is 0 Å². The molecule has 15 heavy (non-hydrogen) atoms. The van der Waals surface area contributed by atoms with Gasteiger partial charge in [-0.3, -0.25) is 5.11 Å². The fraction of sp³-hybridized carbons (Fsp3) is 0.143. The maximum absolute atomic E-state index is 11.6. The molecule has 0 aromatic heterocycles. The number of rotatable bonds is 2. The first-order valence-corrected chi connectivity index (χ1v) is 5.10. The summed E-state index contributed by atoms with van der Waals surface area (Å²) in [7, 11) is 0. The van der Waals surface area contributed by atoms with E-state index >= 15 is 0 Å². The van der Waals surface area contributed by atoms with Gasteiger partial charge in [0.05, 0.1) is 0 Å². The first kappa shape index (κ1) is 9.78. The fourth-order valence-electron chi connectivity index (χ4n) is 1.76. The number of para-hydroxylation sites is 1. The molecule has 0 aliphatic carbocycles. The molecule has 0 bridgehead atoms. The highest BCUT2D eigenvalue weighted by Crippen LogP contribution is 2.30. The molecule has 0 amide bonds. The summed E-state index contributed by atoms with van der Waals surface area (Å²) in [5.41, 5.74) is 2.05. The lowest BCUT2D eigenvalue weighted by Crippen LogP contribution is -1.95. The van der Waals surface area contributed by atoms with Crippen molar-refractivity contribution in [3.05, 3.63) is 65.7 Å². The van der Waals surface area contributed by atoms with Gasteiger partial charge in [-0.2, -0.15) is 0 Å². The summed E-state index contributed by atoms with van der Waals surface area (Å²) in [6, 6.07) is 17.3. The summed E-state index contributed by atoms with van der Waals surface area (Å²) < 4.78 is 0. The quantitative estimate of drug-likeness (QED) is 0.694. The first-order chi connectivity index (χ1) is 7.29. The van der Waals surface area contributed by atoms with Crippen LogP contribution in [0.3, 0.4) is 0 Å². The molecule has 0 fully saturated rings. The molecule has 0 N–H and O–H groups in total. The molecule has 1 heteroatoms. The molecule has 0 saturated carbocycles. The van der Waals surface area contributed by atoms with Crippen molar-refractivity contribution in [3.8, 4) is 5.75 Å². The standard InChI is InChI=1S/C14H13O/c1-11(12-7-3-2-4-8-12)13-9-5-6-10-14(13)15/h2-11H,1H3. The van der Waals surface area contributed by atoms with Crippen LogP contribution in [-0.2, 0) is 5.11 Å². The van der Waals surface area contributed by atoms with Crippen LogP contribution in [0.2, 0.25) is 0 Å². The lowest BCUT2D eigenvalue weighted by atomic mass is 9.93. The Morgan fingerprint density at radius 3 is 2.13 bits per heavy atom. The van der Waals surface area contributed by atoms with Gasteiger partial charge in [0.15, 0.2) is 5.75 Å². The van der Waals surface area contributed by atoms with E-state index in [0.29, 0.717) is 0 Å². The highest BCUT2D eigenvalue weighted by atomic mass is 16.3. The summed E-state index contributed by atoms with van der Waals surface area (Å²) >= 11 is 0. The van der Waals surface area contributed by atoms with E-state index in [1.54, 1.807) is 12.1 Å². The third kappa shape index (κ3) is 2.01. The molecule has 2 rings (SSSR count). The van der Waals surface area contributed by atoms with Crippen molar-refractivity contribution in [1.29, 1.82) is 0 Å². The lowest BCUT2D eigenvalue weighted by Gasteiger charge is -2.12. The van der Waals surface area contributed by atoms with E-state index in [9.17, 15) is 5.11 Å². The van der Waals surface area contributed by atoms with E-state index in [1.165, 1.54) is 5.56 Å². The summed E-state index contributed by atoms with van der Waals surface area (Å²) in [5, 5.41) is 11.6. The van der Waals surface area contributed by atoms with Crippen molar-refractivity contribution in [1.82, 2.24) is 0 Å². The normalized spacial score (nSPS) is 12.3. The first-order valence-electron chi connectivity index (χ1n) is 5.10. The van der Waals surface area contributed by atoms with Crippen LogP contribution >= 0.6 is 0 Å². The zero-order valence-electron chi connectivity index (χ0n) is 8.68. The van der Waals surface area contributed by atoms with Gasteiger partial charge in [-0.25, -0.2) is 0 Å². The van der Waals surface area contributed by atoms with Gasteiger partial charge in [-0.15, -0.1) is 0 Å². The van der Waals surface area contributed by atoms with Crippen LogP contribution < -0.4 is 0 Å². The highest BCUT2D eigenvalue weighted by Gasteiger charge is 2.12. The zero-order chi connectivity index (χ0) is 10.7. The minimum absolute atomic E-state index is 0.119. The van der Waals surface area contributed by atoms with Gasteiger partial charge in [0.25, 0.3) is 0 Å². The number of benzene rings is 2. The van der Waals surface area contributed by atoms with Crippen molar-refractivity contribution in [2.24, 2.45) is 0 Å². The third-order valence-corrected chi connectivity index (χ3v) is 2.69. The molecule has 0 saturated heterocycles. The van der Waals surface area contributed by atoms with Gasteiger partial charge in [-0.05, 0) is 11.6 Å².